The molecule has 0 bridgehead atoms. The summed E-state index contributed by atoms with van der Waals surface area (Å²) in [6.45, 7) is 0.166. The Kier molecular flexibility index (Phi) is 8.72. The number of amides is 1. The number of halogens is 3. The third kappa shape index (κ3) is 6.61. The summed E-state index contributed by atoms with van der Waals surface area (Å²) in [5, 5.41) is 13.2. The van der Waals surface area contributed by atoms with E-state index < -0.39 is 11.9 Å². The highest BCUT2D eigenvalue weighted by molar-refractivity contribution is 9.10. The molecule has 0 radical (unpaired) electrons. The fourth-order valence-corrected chi connectivity index (χ4v) is 3.71. The van der Waals surface area contributed by atoms with Crippen molar-refractivity contribution in [2.24, 2.45) is 0 Å². The van der Waals surface area contributed by atoms with Crippen molar-refractivity contribution in [3.63, 3.8) is 0 Å². The molecule has 3 rings (SSSR count). The van der Waals surface area contributed by atoms with Gasteiger partial charge in [-0.3, -0.25) is 4.79 Å². The Morgan fingerprint density at radius 1 is 1.09 bits per heavy atom. The van der Waals surface area contributed by atoms with Crippen LogP contribution in [-0.2, 0) is 16.1 Å². The van der Waals surface area contributed by atoms with Gasteiger partial charge in [0.1, 0.15) is 24.0 Å². The van der Waals surface area contributed by atoms with Gasteiger partial charge in [0.25, 0.3) is 5.91 Å². The largest absolute Gasteiger partial charge is 0.488 e. The van der Waals surface area contributed by atoms with Crippen LogP contribution in [0, 0.1) is 11.3 Å². The smallest absolute Gasteiger partial charge is 0.337 e. The summed E-state index contributed by atoms with van der Waals surface area (Å²) >= 11 is 15.6. The maximum absolute atomic E-state index is 12.7. The van der Waals surface area contributed by atoms with Gasteiger partial charge in [-0.1, -0.05) is 45.2 Å². The minimum absolute atomic E-state index is 0.135. The van der Waals surface area contributed by atoms with E-state index in [0.717, 1.165) is 10.0 Å². The van der Waals surface area contributed by atoms with Crippen molar-refractivity contribution in [1.82, 2.24) is 0 Å². The van der Waals surface area contributed by atoms with Gasteiger partial charge in [-0.25, -0.2) is 4.79 Å². The van der Waals surface area contributed by atoms with Crippen molar-refractivity contribution in [2.45, 2.75) is 6.61 Å². The Morgan fingerprint density at radius 2 is 1.82 bits per heavy atom. The second kappa shape index (κ2) is 11.7. The lowest BCUT2D eigenvalue weighted by atomic mass is 10.1. The van der Waals surface area contributed by atoms with Gasteiger partial charge in [-0.2, -0.15) is 5.26 Å². The molecule has 172 valence electrons. The molecular formula is C25H17BrCl2N2O4. The molecule has 0 atom stereocenters. The maximum atomic E-state index is 12.7. The Bertz CT molecular complexity index is 1300. The molecule has 9 heteroatoms. The number of carbonyl (C=O) groups is 2. The van der Waals surface area contributed by atoms with Crippen molar-refractivity contribution in [1.29, 1.82) is 5.26 Å². The van der Waals surface area contributed by atoms with Crippen LogP contribution in [0.15, 0.2) is 70.7 Å². The number of nitrogens with one attached hydrogen (secondary N) is 1. The molecule has 0 aromatic heterocycles. The van der Waals surface area contributed by atoms with E-state index in [1.54, 1.807) is 48.5 Å². The highest BCUT2D eigenvalue weighted by Crippen LogP contribution is 2.28. The van der Waals surface area contributed by atoms with E-state index in [1.807, 2.05) is 6.07 Å². The van der Waals surface area contributed by atoms with Crippen molar-refractivity contribution < 1.29 is 19.1 Å². The second-order valence-electron chi connectivity index (χ2n) is 6.90. The molecular weight excluding hydrogens is 543 g/mol. The molecule has 3 aromatic carbocycles. The van der Waals surface area contributed by atoms with Gasteiger partial charge >= 0.3 is 5.97 Å². The van der Waals surface area contributed by atoms with Gasteiger partial charge in [0.2, 0.25) is 0 Å². The van der Waals surface area contributed by atoms with Crippen LogP contribution in [0.2, 0.25) is 10.0 Å². The molecule has 34 heavy (non-hydrogen) atoms. The number of benzene rings is 3. The lowest BCUT2D eigenvalue weighted by Crippen LogP contribution is -2.13. The minimum Gasteiger partial charge on any atom is -0.488 e. The van der Waals surface area contributed by atoms with Gasteiger partial charge in [0.05, 0.1) is 12.7 Å². The van der Waals surface area contributed by atoms with Crippen molar-refractivity contribution >= 4 is 62.8 Å². The zero-order valence-electron chi connectivity index (χ0n) is 17.8. The number of rotatable bonds is 7. The molecule has 0 heterocycles. The number of hydrogen-bond acceptors (Lipinski definition) is 5. The van der Waals surface area contributed by atoms with E-state index in [-0.39, 0.29) is 12.2 Å². The van der Waals surface area contributed by atoms with Crippen LogP contribution in [0.3, 0.4) is 0 Å². The summed E-state index contributed by atoms with van der Waals surface area (Å²) in [6, 6.07) is 18.4. The fourth-order valence-electron chi connectivity index (χ4n) is 2.87. The van der Waals surface area contributed by atoms with E-state index in [0.29, 0.717) is 32.6 Å². The first-order valence-electron chi connectivity index (χ1n) is 9.78. The zero-order valence-corrected chi connectivity index (χ0v) is 20.9. The molecule has 0 saturated carbocycles. The van der Waals surface area contributed by atoms with E-state index in [1.165, 1.54) is 25.3 Å². The highest BCUT2D eigenvalue weighted by atomic mass is 79.9. The Labute approximate surface area is 214 Å². The standard InChI is InChI=1S/C25H17BrCl2N2O4/c1-33-25(32)15-3-7-21(8-4-15)30-24(31)18(13-29)10-17-11-19(26)5-9-23(17)34-14-16-2-6-20(27)12-22(16)28/h2-12H,14H2,1H3,(H,30,31)/b18-10+. The fraction of sp³-hybridized carbons (Fsp3) is 0.0800. The minimum atomic E-state index is -0.611. The topological polar surface area (TPSA) is 88.4 Å². The normalized spacial score (nSPS) is 10.9. The van der Waals surface area contributed by atoms with Crippen LogP contribution in [0.25, 0.3) is 6.08 Å². The average Bonchev–Trinajstić information content (AvgIpc) is 2.82. The van der Waals surface area contributed by atoms with Gasteiger partial charge < -0.3 is 14.8 Å². The number of nitriles is 1. The monoisotopic (exact) mass is 558 g/mol. The van der Waals surface area contributed by atoms with E-state index in [9.17, 15) is 14.9 Å². The maximum Gasteiger partial charge on any atom is 0.337 e. The molecule has 0 unspecified atom stereocenters. The van der Waals surface area contributed by atoms with E-state index >= 15 is 0 Å². The van der Waals surface area contributed by atoms with E-state index in [2.05, 4.69) is 26.0 Å². The average molecular weight is 560 g/mol. The first-order chi connectivity index (χ1) is 16.3. The SMILES string of the molecule is COC(=O)c1ccc(NC(=O)/C(C#N)=C/c2cc(Br)ccc2OCc2ccc(Cl)cc2Cl)cc1. The third-order valence-corrected chi connectivity index (χ3v) is 5.68. The number of anilines is 1. The van der Waals surface area contributed by atoms with Crippen LogP contribution < -0.4 is 10.1 Å². The Hall–Kier alpha value is -3.31. The predicted molar refractivity (Wildman–Crippen MR) is 135 cm³/mol. The number of ether oxygens (including phenoxy) is 2. The molecule has 1 amide bonds. The van der Waals surface area contributed by atoms with Gasteiger partial charge in [0.15, 0.2) is 0 Å². The summed E-state index contributed by atoms with van der Waals surface area (Å²) in [5.74, 6) is -0.644. The van der Waals surface area contributed by atoms with Crippen molar-refractivity contribution in [2.75, 3.05) is 12.4 Å². The van der Waals surface area contributed by atoms with Crippen LogP contribution in [0.4, 0.5) is 5.69 Å². The number of methoxy groups -OCH3 is 1. The molecule has 0 aliphatic rings. The molecule has 0 spiro atoms. The molecule has 3 aromatic rings. The number of hydrogen-bond donors (Lipinski definition) is 1. The molecule has 6 nitrogen and oxygen atoms in total. The lowest BCUT2D eigenvalue weighted by molar-refractivity contribution is -0.112. The summed E-state index contributed by atoms with van der Waals surface area (Å²) in [7, 11) is 1.28. The summed E-state index contributed by atoms with van der Waals surface area (Å²) in [6.07, 6.45) is 1.43. The summed E-state index contributed by atoms with van der Waals surface area (Å²) in [5.41, 5.74) is 1.88. The van der Waals surface area contributed by atoms with Gasteiger partial charge in [-0.15, -0.1) is 0 Å². The Balaban J connectivity index is 1.80. The third-order valence-electron chi connectivity index (χ3n) is 4.60. The molecule has 0 saturated heterocycles. The quantitative estimate of drug-likeness (QED) is 0.198. The van der Waals surface area contributed by atoms with Gasteiger partial charge in [-0.05, 0) is 60.7 Å². The van der Waals surface area contributed by atoms with E-state index in [4.69, 9.17) is 27.9 Å². The first-order valence-corrected chi connectivity index (χ1v) is 11.3. The first kappa shape index (κ1) is 25.3. The Morgan fingerprint density at radius 3 is 2.47 bits per heavy atom. The van der Waals surface area contributed by atoms with Gasteiger partial charge in [0, 0.05) is 31.3 Å². The van der Waals surface area contributed by atoms with Crippen LogP contribution in [0.1, 0.15) is 21.5 Å². The molecule has 1 N–H and O–H groups in total. The van der Waals surface area contributed by atoms with Crippen molar-refractivity contribution in [3.05, 3.63) is 97.4 Å². The predicted octanol–water partition coefficient (Wildman–Crippen LogP) is 6.67. The summed E-state index contributed by atoms with van der Waals surface area (Å²) in [4.78, 5) is 24.2. The molecule has 0 fully saturated rings. The van der Waals surface area contributed by atoms with Crippen LogP contribution in [-0.4, -0.2) is 19.0 Å². The zero-order chi connectivity index (χ0) is 24.7. The second-order valence-corrected chi connectivity index (χ2v) is 8.66. The highest BCUT2D eigenvalue weighted by Gasteiger charge is 2.13. The van der Waals surface area contributed by atoms with Crippen LogP contribution in [0.5, 0.6) is 5.75 Å². The number of esters is 1. The van der Waals surface area contributed by atoms with Crippen molar-refractivity contribution in [3.8, 4) is 11.8 Å². The van der Waals surface area contributed by atoms with Crippen LogP contribution >= 0.6 is 39.1 Å². The molecule has 0 aliphatic carbocycles. The number of nitrogens with zero attached hydrogens (tertiary/aromatic N) is 1. The number of carbonyl (C=O) groups excluding carboxylic acids is 2. The summed E-state index contributed by atoms with van der Waals surface area (Å²) < 4.78 is 11.3. The molecule has 0 aliphatic heterocycles. The lowest BCUT2D eigenvalue weighted by Gasteiger charge is -2.12.